The normalized spacial score (nSPS) is 11.9. The molecule has 0 fully saturated rings. The molecule has 0 spiro atoms. The van der Waals surface area contributed by atoms with Crippen molar-refractivity contribution in [3.8, 4) is 56.0 Å². The van der Waals surface area contributed by atoms with Gasteiger partial charge in [0.2, 0.25) is 0 Å². The van der Waals surface area contributed by atoms with Gasteiger partial charge in [-0.25, -0.2) is 0 Å². The topological polar surface area (TPSA) is 9.23 Å². The first-order valence-corrected chi connectivity index (χ1v) is 14.8. The van der Waals surface area contributed by atoms with E-state index in [1.807, 2.05) is 0 Å². The van der Waals surface area contributed by atoms with Crippen LogP contribution in [0.2, 0.25) is 0 Å². The number of ether oxygens (including phenoxy) is 1. The molecule has 1 nitrogen and oxygen atoms in total. The Labute approximate surface area is 250 Å². The summed E-state index contributed by atoms with van der Waals surface area (Å²) in [5.41, 5.74) is 9.52. The predicted octanol–water partition coefficient (Wildman–Crippen LogP) is 11.9. The van der Waals surface area contributed by atoms with Gasteiger partial charge in [-0.2, -0.15) is 0 Å². The van der Waals surface area contributed by atoms with Crippen LogP contribution >= 0.6 is 0 Å². The van der Waals surface area contributed by atoms with Gasteiger partial charge in [0.05, 0.1) is 0 Å². The molecule has 1 heterocycles. The maximum absolute atomic E-state index is 6.40. The molecule has 43 heavy (non-hydrogen) atoms. The van der Waals surface area contributed by atoms with Crippen LogP contribution < -0.4 is 4.74 Å². The molecule has 0 aliphatic carbocycles. The molecule has 200 valence electrons. The summed E-state index contributed by atoms with van der Waals surface area (Å²) in [4.78, 5) is 0. The molecule has 0 bridgehead atoms. The fourth-order valence-corrected chi connectivity index (χ4v) is 6.69. The van der Waals surface area contributed by atoms with Crippen LogP contribution in [0.3, 0.4) is 0 Å². The molecule has 1 aliphatic rings. The van der Waals surface area contributed by atoms with E-state index in [0.29, 0.717) is 0 Å². The molecule has 0 N–H and O–H groups in total. The zero-order chi connectivity index (χ0) is 28.3. The Morgan fingerprint density at radius 3 is 1.81 bits per heavy atom. The molecule has 1 heteroatoms. The summed E-state index contributed by atoms with van der Waals surface area (Å²) in [6, 6.07) is 57.0. The lowest BCUT2D eigenvalue weighted by Gasteiger charge is -2.22. The highest BCUT2D eigenvalue weighted by atomic mass is 16.5. The van der Waals surface area contributed by atoms with Crippen LogP contribution in [0.15, 0.2) is 158 Å². The van der Waals surface area contributed by atoms with Crippen molar-refractivity contribution in [3.63, 3.8) is 0 Å². The zero-order valence-electron chi connectivity index (χ0n) is 23.4. The van der Waals surface area contributed by atoms with Crippen molar-refractivity contribution < 1.29 is 4.74 Å². The third-order valence-electron chi connectivity index (χ3n) is 8.81. The zero-order valence-corrected chi connectivity index (χ0v) is 23.4. The Balaban J connectivity index is 1.23. The summed E-state index contributed by atoms with van der Waals surface area (Å²) in [7, 11) is 0. The molecule has 0 atom stereocenters. The van der Waals surface area contributed by atoms with E-state index < -0.39 is 0 Å². The van der Waals surface area contributed by atoms with Crippen LogP contribution in [0, 0.1) is 0 Å². The molecular weight excluding hydrogens is 520 g/mol. The second-order valence-corrected chi connectivity index (χ2v) is 11.4. The van der Waals surface area contributed by atoms with Gasteiger partial charge in [-0.3, -0.25) is 0 Å². The highest BCUT2D eigenvalue weighted by Crippen LogP contribution is 2.48. The monoisotopic (exact) mass is 546 g/mol. The molecule has 8 aromatic carbocycles. The van der Waals surface area contributed by atoms with Gasteiger partial charge in [0.15, 0.2) is 0 Å². The second-order valence-electron chi connectivity index (χ2n) is 11.4. The minimum Gasteiger partial charge on any atom is -0.456 e. The molecule has 1 aliphatic heterocycles. The molecule has 0 aromatic heterocycles. The Morgan fingerprint density at radius 2 is 0.953 bits per heavy atom. The van der Waals surface area contributed by atoms with Crippen molar-refractivity contribution in [2.45, 2.75) is 0 Å². The summed E-state index contributed by atoms with van der Waals surface area (Å²) in [6.07, 6.45) is 0. The standard InChI is InChI=1S/C42H26O/c1-2-8-27(9-3-1)33-23-34(30-18-20-37-32(22-30)17-16-28-10-4-5-13-36(28)37)25-35(24-33)31-19-21-40-39(26-31)38-14-6-11-29-12-7-15-41(43-40)42(29)38/h1-26H. The summed E-state index contributed by atoms with van der Waals surface area (Å²) in [5.74, 6) is 1.82. The highest BCUT2D eigenvalue weighted by Gasteiger charge is 2.20. The lowest BCUT2D eigenvalue weighted by atomic mass is 9.89. The van der Waals surface area contributed by atoms with Crippen LogP contribution in [0.4, 0.5) is 0 Å². The average Bonchev–Trinajstić information content (AvgIpc) is 3.08. The van der Waals surface area contributed by atoms with Gasteiger partial charge < -0.3 is 4.74 Å². The molecule has 9 rings (SSSR count). The largest absolute Gasteiger partial charge is 0.456 e. The smallest absolute Gasteiger partial charge is 0.135 e. The van der Waals surface area contributed by atoms with Gasteiger partial charge in [-0.1, -0.05) is 115 Å². The number of hydrogen-bond donors (Lipinski definition) is 0. The Hall–Kier alpha value is -5.66. The van der Waals surface area contributed by atoms with E-state index >= 15 is 0 Å². The number of rotatable bonds is 3. The molecule has 0 amide bonds. The Bertz CT molecular complexity index is 2360. The highest BCUT2D eigenvalue weighted by molar-refractivity contribution is 6.08. The van der Waals surface area contributed by atoms with Crippen molar-refractivity contribution in [1.82, 2.24) is 0 Å². The maximum atomic E-state index is 6.40. The molecule has 8 aromatic rings. The minimum atomic E-state index is 0.899. The van der Waals surface area contributed by atoms with E-state index in [4.69, 9.17) is 4.74 Å². The van der Waals surface area contributed by atoms with Crippen molar-refractivity contribution in [2.75, 3.05) is 0 Å². The van der Waals surface area contributed by atoms with Gasteiger partial charge in [-0.15, -0.1) is 0 Å². The van der Waals surface area contributed by atoms with E-state index in [9.17, 15) is 0 Å². The summed E-state index contributed by atoms with van der Waals surface area (Å²) in [5, 5.41) is 7.47. The third-order valence-corrected chi connectivity index (χ3v) is 8.81. The lowest BCUT2D eigenvalue weighted by Crippen LogP contribution is -1.97. The number of benzene rings is 8. The number of fused-ring (bicyclic) bond motifs is 5. The van der Waals surface area contributed by atoms with Crippen LogP contribution in [0.5, 0.6) is 11.5 Å². The Morgan fingerprint density at radius 1 is 0.302 bits per heavy atom. The van der Waals surface area contributed by atoms with Crippen molar-refractivity contribution >= 4 is 32.3 Å². The van der Waals surface area contributed by atoms with Gasteiger partial charge in [-0.05, 0) is 108 Å². The van der Waals surface area contributed by atoms with E-state index in [-0.39, 0.29) is 0 Å². The fraction of sp³-hybridized carbons (Fsp3) is 0. The summed E-state index contributed by atoms with van der Waals surface area (Å²) < 4.78 is 6.40. The summed E-state index contributed by atoms with van der Waals surface area (Å²) >= 11 is 0. The van der Waals surface area contributed by atoms with Crippen LogP contribution in [0.25, 0.3) is 76.8 Å². The maximum Gasteiger partial charge on any atom is 0.135 e. The molecule has 0 unspecified atom stereocenters. The molecule has 0 radical (unpaired) electrons. The van der Waals surface area contributed by atoms with Crippen molar-refractivity contribution in [1.29, 1.82) is 0 Å². The van der Waals surface area contributed by atoms with E-state index in [0.717, 1.165) is 17.1 Å². The van der Waals surface area contributed by atoms with Gasteiger partial charge >= 0.3 is 0 Å². The predicted molar refractivity (Wildman–Crippen MR) is 181 cm³/mol. The van der Waals surface area contributed by atoms with Crippen molar-refractivity contribution in [2.24, 2.45) is 0 Å². The van der Waals surface area contributed by atoms with Gasteiger partial charge in [0.25, 0.3) is 0 Å². The minimum absolute atomic E-state index is 0.899. The molecular formula is C42H26O. The van der Waals surface area contributed by atoms with Crippen LogP contribution in [0.1, 0.15) is 0 Å². The van der Waals surface area contributed by atoms with Crippen molar-refractivity contribution in [3.05, 3.63) is 158 Å². The van der Waals surface area contributed by atoms with Crippen LogP contribution in [-0.2, 0) is 0 Å². The van der Waals surface area contributed by atoms with E-state index in [2.05, 4.69) is 158 Å². The fourth-order valence-electron chi connectivity index (χ4n) is 6.69. The van der Waals surface area contributed by atoms with Gasteiger partial charge in [0, 0.05) is 10.9 Å². The molecule has 0 saturated heterocycles. The SMILES string of the molecule is c1ccc(-c2cc(-c3ccc4c(c3)-c3cccc5cccc(c35)O4)cc(-c3ccc4c(ccc5ccccc54)c3)c2)cc1. The quantitative estimate of drug-likeness (QED) is 0.200. The van der Waals surface area contributed by atoms with E-state index in [1.54, 1.807) is 0 Å². The summed E-state index contributed by atoms with van der Waals surface area (Å²) in [6.45, 7) is 0. The second kappa shape index (κ2) is 9.44. The average molecular weight is 547 g/mol. The third kappa shape index (κ3) is 3.94. The van der Waals surface area contributed by atoms with E-state index in [1.165, 1.54) is 71.3 Å². The Kier molecular flexibility index (Phi) is 5.27. The first-order valence-electron chi connectivity index (χ1n) is 14.8. The van der Waals surface area contributed by atoms with Gasteiger partial charge in [0.1, 0.15) is 11.5 Å². The van der Waals surface area contributed by atoms with Crippen LogP contribution in [-0.4, -0.2) is 0 Å². The molecule has 0 saturated carbocycles. The first kappa shape index (κ1) is 24.0. The lowest BCUT2D eigenvalue weighted by molar-refractivity contribution is 0.487. The first-order chi connectivity index (χ1) is 21.3. The number of hydrogen-bond acceptors (Lipinski definition) is 1.